The first kappa shape index (κ1) is 16.2. The van der Waals surface area contributed by atoms with Gasteiger partial charge in [0.2, 0.25) is 0 Å². The quantitative estimate of drug-likeness (QED) is 0.465. The molecule has 0 heterocycles. The molecule has 0 aliphatic rings. The van der Waals surface area contributed by atoms with Gasteiger partial charge in [-0.1, -0.05) is 6.92 Å². The van der Waals surface area contributed by atoms with Gasteiger partial charge in [-0.05, 0) is 18.6 Å². The van der Waals surface area contributed by atoms with E-state index in [1.54, 1.807) is 12.1 Å². The van der Waals surface area contributed by atoms with Gasteiger partial charge in [0.25, 0.3) is 5.69 Å². The van der Waals surface area contributed by atoms with E-state index in [4.69, 9.17) is 10.2 Å². The first-order valence-electron chi connectivity index (χ1n) is 6.63. The third kappa shape index (κ3) is 4.36. The van der Waals surface area contributed by atoms with Crippen molar-refractivity contribution in [3.8, 4) is 0 Å². The molecule has 1 aromatic rings. The topological polar surface area (TPSA) is 98.9 Å². The van der Waals surface area contributed by atoms with E-state index < -0.39 is 4.92 Å². The van der Waals surface area contributed by atoms with E-state index in [9.17, 15) is 10.1 Å². The molecule has 0 radical (unpaired) electrons. The molecule has 0 atom stereocenters. The fraction of sp³-hybridized carbons (Fsp3) is 0.538. The average Bonchev–Trinajstić information content (AvgIpc) is 2.44. The Labute approximate surface area is 118 Å². The van der Waals surface area contributed by atoms with Crippen LogP contribution in [-0.2, 0) is 0 Å². The molecule has 0 spiro atoms. The standard InChI is InChI=1S/C13H21N3O4/c1-2-6-15(7-9-18)11-3-4-12(14-5-8-17)13(10-11)16(19)20/h3-4,10,14,17-18H,2,5-9H2,1H3. The summed E-state index contributed by atoms with van der Waals surface area (Å²) < 4.78 is 0. The predicted molar refractivity (Wildman–Crippen MR) is 78.3 cm³/mol. The lowest BCUT2D eigenvalue weighted by atomic mass is 10.2. The van der Waals surface area contributed by atoms with Crippen LogP contribution in [0, 0.1) is 10.1 Å². The van der Waals surface area contributed by atoms with Crippen LogP contribution in [0.25, 0.3) is 0 Å². The SMILES string of the molecule is CCCN(CCO)c1ccc(NCCO)c([N+](=O)[O-])c1. The maximum atomic E-state index is 11.1. The van der Waals surface area contributed by atoms with Gasteiger partial charge in [0.1, 0.15) is 5.69 Å². The molecule has 0 saturated heterocycles. The van der Waals surface area contributed by atoms with Crippen molar-refractivity contribution < 1.29 is 15.1 Å². The summed E-state index contributed by atoms with van der Waals surface area (Å²) in [6.45, 7) is 3.34. The summed E-state index contributed by atoms with van der Waals surface area (Å²) in [7, 11) is 0. The highest BCUT2D eigenvalue weighted by atomic mass is 16.6. The molecule has 0 saturated carbocycles. The summed E-state index contributed by atoms with van der Waals surface area (Å²) >= 11 is 0. The molecule has 0 aliphatic carbocycles. The Kier molecular flexibility index (Phi) is 6.75. The molecule has 0 aliphatic heterocycles. The van der Waals surface area contributed by atoms with Gasteiger partial charge in [-0.15, -0.1) is 0 Å². The highest BCUT2D eigenvalue weighted by Gasteiger charge is 2.16. The highest BCUT2D eigenvalue weighted by Crippen LogP contribution is 2.29. The molecule has 0 aromatic heterocycles. The van der Waals surface area contributed by atoms with E-state index >= 15 is 0 Å². The largest absolute Gasteiger partial charge is 0.395 e. The predicted octanol–water partition coefficient (Wildman–Crippen LogP) is 1.21. The second-order valence-corrected chi connectivity index (χ2v) is 4.32. The second kappa shape index (κ2) is 8.34. The van der Waals surface area contributed by atoms with Crippen LogP contribution >= 0.6 is 0 Å². The first-order chi connectivity index (χ1) is 9.63. The molecule has 20 heavy (non-hydrogen) atoms. The van der Waals surface area contributed by atoms with Crippen molar-refractivity contribution in [2.45, 2.75) is 13.3 Å². The normalized spacial score (nSPS) is 10.3. The number of nitrogens with zero attached hydrogens (tertiary/aromatic N) is 2. The Morgan fingerprint density at radius 3 is 2.60 bits per heavy atom. The lowest BCUT2D eigenvalue weighted by molar-refractivity contribution is -0.383. The monoisotopic (exact) mass is 283 g/mol. The van der Waals surface area contributed by atoms with Crippen LogP contribution in [0.5, 0.6) is 0 Å². The summed E-state index contributed by atoms with van der Waals surface area (Å²) in [6, 6.07) is 4.90. The number of aliphatic hydroxyl groups is 2. The van der Waals surface area contributed by atoms with E-state index in [1.807, 2.05) is 11.8 Å². The van der Waals surface area contributed by atoms with Gasteiger partial charge in [-0.3, -0.25) is 10.1 Å². The molecule has 0 bridgehead atoms. The fourth-order valence-corrected chi connectivity index (χ4v) is 1.97. The lowest BCUT2D eigenvalue weighted by Crippen LogP contribution is -2.27. The molecule has 1 aromatic carbocycles. The molecule has 0 amide bonds. The molecular weight excluding hydrogens is 262 g/mol. The van der Waals surface area contributed by atoms with Crippen molar-refractivity contribution in [2.75, 3.05) is 43.1 Å². The molecule has 0 fully saturated rings. The fourth-order valence-electron chi connectivity index (χ4n) is 1.97. The molecule has 1 rings (SSSR count). The first-order valence-corrected chi connectivity index (χ1v) is 6.63. The van der Waals surface area contributed by atoms with E-state index in [1.165, 1.54) is 6.07 Å². The Hall–Kier alpha value is -1.86. The summed E-state index contributed by atoms with van der Waals surface area (Å²) in [6.07, 6.45) is 0.887. The van der Waals surface area contributed by atoms with Gasteiger partial charge in [0.15, 0.2) is 0 Å². The summed E-state index contributed by atoms with van der Waals surface area (Å²) in [5.74, 6) is 0. The molecule has 7 heteroatoms. The number of nitrogens with one attached hydrogen (secondary N) is 1. The van der Waals surface area contributed by atoms with E-state index in [-0.39, 0.29) is 25.4 Å². The Morgan fingerprint density at radius 2 is 2.05 bits per heavy atom. The summed E-state index contributed by atoms with van der Waals surface area (Å²) in [5, 5.41) is 31.8. The molecule has 7 nitrogen and oxygen atoms in total. The number of anilines is 2. The Balaban J connectivity index is 3.03. The van der Waals surface area contributed by atoms with Crippen molar-refractivity contribution in [3.05, 3.63) is 28.3 Å². The molecular formula is C13H21N3O4. The van der Waals surface area contributed by atoms with E-state index in [0.717, 1.165) is 13.0 Å². The van der Waals surface area contributed by atoms with E-state index in [0.29, 0.717) is 17.9 Å². The van der Waals surface area contributed by atoms with Crippen LogP contribution in [0.4, 0.5) is 17.1 Å². The van der Waals surface area contributed by atoms with Crippen molar-refractivity contribution in [3.63, 3.8) is 0 Å². The zero-order valence-electron chi connectivity index (χ0n) is 11.6. The van der Waals surface area contributed by atoms with Crippen molar-refractivity contribution >= 4 is 17.1 Å². The van der Waals surface area contributed by atoms with Crippen LogP contribution in [0.2, 0.25) is 0 Å². The van der Waals surface area contributed by atoms with Crippen LogP contribution in [0.15, 0.2) is 18.2 Å². The minimum Gasteiger partial charge on any atom is -0.395 e. The smallest absolute Gasteiger partial charge is 0.294 e. The summed E-state index contributed by atoms with van der Waals surface area (Å²) in [5.41, 5.74) is 1.06. The maximum absolute atomic E-state index is 11.1. The van der Waals surface area contributed by atoms with Crippen LogP contribution < -0.4 is 10.2 Å². The maximum Gasteiger partial charge on any atom is 0.294 e. The number of rotatable bonds is 9. The van der Waals surface area contributed by atoms with Crippen LogP contribution in [0.1, 0.15) is 13.3 Å². The Bertz CT molecular complexity index is 434. The van der Waals surface area contributed by atoms with Gasteiger partial charge < -0.3 is 20.4 Å². The van der Waals surface area contributed by atoms with Gasteiger partial charge in [-0.2, -0.15) is 0 Å². The molecule has 112 valence electrons. The Morgan fingerprint density at radius 1 is 1.30 bits per heavy atom. The third-order valence-electron chi connectivity index (χ3n) is 2.83. The highest BCUT2D eigenvalue weighted by molar-refractivity contribution is 5.68. The second-order valence-electron chi connectivity index (χ2n) is 4.32. The van der Waals surface area contributed by atoms with Gasteiger partial charge in [0, 0.05) is 31.4 Å². The van der Waals surface area contributed by atoms with Crippen molar-refractivity contribution in [2.24, 2.45) is 0 Å². The number of nitro benzene ring substituents is 1. The minimum atomic E-state index is -0.452. The number of nitro groups is 1. The number of hydrogen-bond acceptors (Lipinski definition) is 6. The third-order valence-corrected chi connectivity index (χ3v) is 2.83. The minimum absolute atomic E-state index is 0.00168. The van der Waals surface area contributed by atoms with E-state index in [2.05, 4.69) is 5.32 Å². The lowest BCUT2D eigenvalue weighted by Gasteiger charge is -2.23. The van der Waals surface area contributed by atoms with Gasteiger partial charge >= 0.3 is 0 Å². The number of hydrogen-bond donors (Lipinski definition) is 3. The van der Waals surface area contributed by atoms with Gasteiger partial charge in [-0.25, -0.2) is 0 Å². The summed E-state index contributed by atoms with van der Waals surface area (Å²) in [4.78, 5) is 12.6. The van der Waals surface area contributed by atoms with Crippen LogP contribution in [0.3, 0.4) is 0 Å². The zero-order valence-corrected chi connectivity index (χ0v) is 11.6. The molecule has 3 N–H and O–H groups in total. The zero-order chi connectivity index (χ0) is 15.0. The number of benzene rings is 1. The van der Waals surface area contributed by atoms with Gasteiger partial charge in [0.05, 0.1) is 18.1 Å². The van der Waals surface area contributed by atoms with Crippen LogP contribution in [-0.4, -0.2) is 48.0 Å². The average molecular weight is 283 g/mol. The van der Waals surface area contributed by atoms with Crippen molar-refractivity contribution in [1.82, 2.24) is 0 Å². The number of aliphatic hydroxyl groups excluding tert-OH is 2. The molecule has 0 unspecified atom stereocenters. The van der Waals surface area contributed by atoms with Crippen molar-refractivity contribution in [1.29, 1.82) is 0 Å².